The van der Waals surface area contributed by atoms with Crippen molar-refractivity contribution in [3.05, 3.63) is 47.8 Å². The zero-order valence-corrected chi connectivity index (χ0v) is 12.9. The van der Waals surface area contributed by atoms with Gasteiger partial charge < -0.3 is 15.7 Å². The van der Waals surface area contributed by atoms with Gasteiger partial charge in [-0.2, -0.15) is 5.10 Å². The first-order valence-corrected chi connectivity index (χ1v) is 7.31. The fourth-order valence-electron chi connectivity index (χ4n) is 2.20. The van der Waals surface area contributed by atoms with Crippen molar-refractivity contribution in [2.75, 3.05) is 18.5 Å². The Morgan fingerprint density at radius 1 is 1.45 bits per heavy atom. The minimum Gasteiger partial charge on any atom is -0.395 e. The van der Waals surface area contributed by atoms with Crippen LogP contribution in [-0.4, -0.2) is 33.9 Å². The first-order chi connectivity index (χ1) is 10.6. The molecule has 0 aliphatic rings. The lowest BCUT2D eigenvalue weighted by atomic mass is 10.1. The summed E-state index contributed by atoms with van der Waals surface area (Å²) in [5, 5.41) is 18.8. The van der Waals surface area contributed by atoms with Gasteiger partial charge in [-0.15, -0.1) is 0 Å². The summed E-state index contributed by atoms with van der Waals surface area (Å²) in [6.45, 7) is 4.49. The van der Waals surface area contributed by atoms with E-state index >= 15 is 0 Å². The van der Waals surface area contributed by atoms with Crippen LogP contribution in [0, 0.1) is 6.92 Å². The number of aryl methyl sites for hydroxylation is 1. The Balaban J connectivity index is 1.92. The average Bonchev–Trinajstić information content (AvgIpc) is 2.92. The molecule has 0 saturated carbocycles. The predicted molar refractivity (Wildman–Crippen MR) is 85.5 cm³/mol. The van der Waals surface area contributed by atoms with Gasteiger partial charge in [-0.3, -0.25) is 9.48 Å². The number of nitrogens with zero attached hydrogens (tertiary/aromatic N) is 2. The van der Waals surface area contributed by atoms with Crippen LogP contribution >= 0.6 is 0 Å². The molecule has 22 heavy (non-hydrogen) atoms. The lowest BCUT2D eigenvalue weighted by molar-refractivity contribution is -0.122. The van der Waals surface area contributed by atoms with Crippen LogP contribution in [0.3, 0.4) is 0 Å². The van der Waals surface area contributed by atoms with E-state index in [1.165, 1.54) is 11.1 Å². The molecule has 0 spiro atoms. The van der Waals surface area contributed by atoms with Gasteiger partial charge in [-0.25, -0.2) is 0 Å². The maximum atomic E-state index is 11.6. The number of hydrogen-bond acceptors (Lipinski definition) is 4. The number of nitrogens with one attached hydrogen (secondary N) is 2. The highest BCUT2D eigenvalue weighted by Gasteiger charge is 2.08. The molecule has 118 valence electrons. The first kappa shape index (κ1) is 16.0. The summed E-state index contributed by atoms with van der Waals surface area (Å²) in [4.78, 5) is 11.6. The van der Waals surface area contributed by atoms with E-state index in [1.807, 2.05) is 6.07 Å². The standard InChI is InChI=1S/C16H22N4O2/c1-12-4-3-5-14(8-12)13(2)19-15-9-18-20(10-15)11-16(22)17-6-7-21/h3-5,8-10,13,19,21H,6-7,11H2,1-2H3,(H,17,22). The van der Waals surface area contributed by atoms with Crippen molar-refractivity contribution in [2.24, 2.45) is 0 Å². The Kier molecular flexibility index (Phi) is 5.55. The third-order valence-corrected chi connectivity index (χ3v) is 3.30. The van der Waals surface area contributed by atoms with Crippen LogP contribution in [0.15, 0.2) is 36.7 Å². The molecule has 0 aliphatic heterocycles. The molecular weight excluding hydrogens is 280 g/mol. The summed E-state index contributed by atoms with van der Waals surface area (Å²) >= 11 is 0. The second kappa shape index (κ2) is 7.61. The van der Waals surface area contributed by atoms with Crippen LogP contribution in [0.25, 0.3) is 0 Å². The maximum Gasteiger partial charge on any atom is 0.241 e. The van der Waals surface area contributed by atoms with Crippen molar-refractivity contribution in [3.8, 4) is 0 Å². The van der Waals surface area contributed by atoms with Crippen molar-refractivity contribution in [1.29, 1.82) is 0 Å². The number of rotatable bonds is 7. The number of aliphatic hydroxyl groups is 1. The minimum absolute atomic E-state index is 0.0638. The third-order valence-electron chi connectivity index (χ3n) is 3.30. The number of anilines is 1. The summed E-state index contributed by atoms with van der Waals surface area (Å²) < 4.78 is 1.57. The third kappa shape index (κ3) is 4.60. The Labute approximate surface area is 130 Å². The number of benzene rings is 1. The largest absolute Gasteiger partial charge is 0.395 e. The zero-order valence-electron chi connectivity index (χ0n) is 12.9. The van der Waals surface area contributed by atoms with Gasteiger partial charge in [0, 0.05) is 18.8 Å². The normalized spacial score (nSPS) is 12.0. The van der Waals surface area contributed by atoms with E-state index in [0.29, 0.717) is 0 Å². The van der Waals surface area contributed by atoms with E-state index in [1.54, 1.807) is 17.1 Å². The second-order valence-corrected chi connectivity index (χ2v) is 5.28. The van der Waals surface area contributed by atoms with Gasteiger partial charge in [0.05, 0.1) is 18.5 Å². The van der Waals surface area contributed by atoms with Gasteiger partial charge in [0.25, 0.3) is 0 Å². The van der Waals surface area contributed by atoms with Crippen LogP contribution in [0.1, 0.15) is 24.1 Å². The molecule has 3 N–H and O–H groups in total. The fourth-order valence-corrected chi connectivity index (χ4v) is 2.20. The molecule has 1 unspecified atom stereocenters. The van der Waals surface area contributed by atoms with Crippen molar-refractivity contribution in [3.63, 3.8) is 0 Å². The monoisotopic (exact) mass is 302 g/mol. The zero-order chi connectivity index (χ0) is 15.9. The number of hydrogen-bond donors (Lipinski definition) is 3. The van der Waals surface area contributed by atoms with Gasteiger partial charge in [-0.05, 0) is 19.4 Å². The molecule has 0 aliphatic carbocycles. The smallest absolute Gasteiger partial charge is 0.241 e. The number of carbonyl (C=O) groups is 1. The van der Waals surface area contributed by atoms with Gasteiger partial charge >= 0.3 is 0 Å². The highest BCUT2D eigenvalue weighted by Crippen LogP contribution is 2.19. The van der Waals surface area contributed by atoms with E-state index < -0.39 is 0 Å². The summed E-state index contributed by atoms with van der Waals surface area (Å²) in [6, 6.07) is 8.49. The van der Waals surface area contributed by atoms with E-state index in [-0.39, 0.29) is 31.6 Å². The van der Waals surface area contributed by atoms with E-state index in [0.717, 1.165) is 5.69 Å². The Morgan fingerprint density at radius 2 is 2.27 bits per heavy atom. The molecule has 2 aromatic rings. The minimum atomic E-state index is -0.171. The lowest BCUT2D eigenvalue weighted by Gasteiger charge is -2.14. The summed E-state index contributed by atoms with van der Waals surface area (Å²) in [5.74, 6) is -0.171. The predicted octanol–water partition coefficient (Wildman–Crippen LogP) is 1.47. The quantitative estimate of drug-likeness (QED) is 0.724. The second-order valence-electron chi connectivity index (χ2n) is 5.28. The molecule has 2 rings (SSSR count). The summed E-state index contributed by atoms with van der Waals surface area (Å²) in [6.07, 6.45) is 3.50. The van der Waals surface area contributed by atoms with Crippen LogP contribution < -0.4 is 10.6 Å². The lowest BCUT2D eigenvalue weighted by Crippen LogP contribution is -2.30. The van der Waals surface area contributed by atoms with Crippen molar-refractivity contribution >= 4 is 11.6 Å². The molecule has 1 heterocycles. The van der Waals surface area contributed by atoms with Crippen LogP contribution in [0.5, 0.6) is 0 Å². The first-order valence-electron chi connectivity index (χ1n) is 7.31. The highest BCUT2D eigenvalue weighted by molar-refractivity contribution is 5.75. The van der Waals surface area contributed by atoms with Gasteiger partial charge in [0.15, 0.2) is 0 Å². The van der Waals surface area contributed by atoms with Gasteiger partial charge in [0.2, 0.25) is 5.91 Å². The number of amides is 1. The molecule has 1 aromatic heterocycles. The highest BCUT2D eigenvalue weighted by atomic mass is 16.3. The van der Waals surface area contributed by atoms with Crippen molar-refractivity contribution < 1.29 is 9.90 Å². The van der Waals surface area contributed by atoms with Crippen molar-refractivity contribution in [1.82, 2.24) is 15.1 Å². The Hall–Kier alpha value is -2.34. The van der Waals surface area contributed by atoms with Crippen LogP contribution in [0.4, 0.5) is 5.69 Å². The number of aliphatic hydroxyl groups excluding tert-OH is 1. The van der Waals surface area contributed by atoms with E-state index in [9.17, 15) is 4.79 Å². The molecule has 1 aromatic carbocycles. The van der Waals surface area contributed by atoms with Gasteiger partial charge in [-0.1, -0.05) is 29.8 Å². The molecule has 0 saturated heterocycles. The number of aromatic nitrogens is 2. The molecule has 6 heteroatoms. The van der Waals surface area contributed by atoms with Gasteiger partial charge in [0.1, 0.15) is 6.54 Å². The molecule has 0 radical (unpaired) electrons. The van der Waals surface area contributed by atoms with E-state index in [2.05, 4.69) is 47.8 Å². The number of carbonyl (C=O) groups excluding carboxylic acids is 1. The molecule has 0 bridgehead atoms. The fraction of sp³-hybridized carbons (Fsp3) is 0.375. The topological polar surface area (TPSA) is 79.2 Å². The SMILES string of the molecule is Cc1cccc(C(C)Nc2cnn(CC(=O)NCCO)c2)c1. The molecule has 1 atom stereocenters. The van der Waals surface area contributed by atoms with Crippen LogP contribution in [0.2, 0.25) is 0 Å². The van der Waals surface area contributed by atoms with Crippen LogP contribution in [-0.2, 0) is 11.3 Å². The Bertz CT molecular complexity index is 624. The Morgan fingerprint density at radius 3 is 3.00 bits per heavy atom. The molecule has 0 fully saturated rings. The van der Waals surface area contributed by atoms with E-state index in [4.69, 9.17) is 5.11 Å². The average molecular weight is 302 g/mol. The molecule has 1 amide bonds. The van der Waals surface area contributed by atoms with Crippen molar-refractivity contribution in [2.45, 2.75) is 26.4 Å². The summed E-state index contributed by atoms with van der Waals surface area (Å²) in [7, 11) is 0. The molecule has 6 nitrogen and oxygen atoms in total. The maximum absolute atomic E-state index is 11.6. The summed E-state index contributed by atoms with van der Waals surface area (Å²) in [5.41, 5.74) is 3.29. The molecular formula is C16H22N4O2.